The average Bonchev–Trinajstić information content (AvgIpc) is 2.91. The zero-order valence-corrected chi connectivity index (χ0v) is 16.6. The van der Waals surface area contributed by atoms with Crippen molar-refractivity contribution >= 4 is 35.0 Å². The van der Waals surface area contributed by atoms with Crippen LogP contribution in [0, 0.1) is 29.1 Å². The minimum absolute atomic E-state index is 0.113. The fourth-order valence-electron chi connectivity index (χ4n) is 3.82. The van der Waals surface area contributed by atoms with Gasteiger partial charge in [-0.25, -0.2) is 0 Å². The third-order valence-corrected chi connectivity index (χ3v) is 5.52. The molecular formula is C21H22ClN3O3. The molecule has 1 aliphatic heterocycles. The first-order valence-electron chi connectivity index (χ1n) is 9.36. The van der Waals surface area contributed by atoms with Gasteiger partial charge in [0.2, 0.25) is 17.7 Å². The smallest absolute Gasteiger partial charge is 0.247 e. The molecule has 6 nitrogen and oxygen atoms in total. The second kappa shape index (κ2) is 8.15. The lowest BCUT2D eigenvalue weighted by molar-refractivity contribution is -0.147. The number of allylic oxidation sites excluding steroid dienone is 2. The van der Waals surface area contributed by atoms with E-state index < -0.39 is 11.9 Å². The van der Waals surface area contributed by atoms with Gasteiger partial charge in [-0.05, 0) is 43.4 Å². The van der Waals surface area contributed by atoms with Crippen molar-refractivity contribution in [2.75, 3.05) is 5.32 Å². The largest absolute Gasteiger partial charge is 0.324 e. The predicted molar refractivity (Wildman–Crippen MR) is 105 cm³/mol. The number of benzene rings is 1. The number of rotatable bonds is 5. The van der Waals surface area contributed by atoms with E-state index in [4.69, 9.17) is 16.9 Å². The van der Waals surface area contributed by atoms with Crippen LogP contribution in [0.5, 0.6) is 0 Å². The number of likely N-dealkylation sites (tertiary alicyclic amines) is 1. The van der Waals surface area contributed by atoms with Gasteiger partial charge in [0.1, 0.15) is 12.1 Å². The summed E-state index contributed by atoms with van der Waals surface area (Å²) in [5, 5.41) is 11.9. The van der Waals surface area contributed by atoms with Crippen molar-refractivity contribution in [3.05, 3.63) is 40.9 Å². The number of amides is 3. The van der Waals surface area contributed by atoms with E-state index in [9.17, 15) is 14.4 Å². The number of imide groups is 1. The molecule has 0 aromatic heterocycles. The van der Waals surface area contributed by atoms with Gasteiger partial charge in [-0.2, -0.15) is 5.26 Å². The first-order valence-corrected chi connectivity index (χ1v) is 9.73. The highest BCUT2D eigenvalue weighted by Crippen LogP contribution is 2.37. The minimum atomic E-state index is -0.875. The van der Waals surface area contributed by atoms with Crippen molar-refractivity contribution in [2.45, 2.75) is 39.2 Å². The van der Waals surface area contributed by atoms with Crippen LogP contribution in [0.3, 0.4) is 0 Å². The molecule has 3 unspecified atom stereocenters. The Labute approximate surface area is 169 Å². The molecule has 146 valence electrons. The Morgan fingerprint density at radius 2 is 1.86 bits per heavy atom. The summed E-state index contributed by atoms with van der Waals surface area (Å²) in [5.74, 6) is -1.59. The molecule has 1 aromatic carbocycles. The first kappa shape index (κ1) is 20.1. The summed E-state index contributed by atoms with van der Waals surface area (Å²) in [4.78, 5) is 40.0. The standard InChI is InChI=1S/C21H22ClN3O3/c1-12(2)9-18(19(26)24-14-8-7-13(11-23)17(22)10-14)25-20(27)15-5-3-4-6-16(15)21(25)28/h3-4,7-8,10,12,15-16,18H,5-6,9H2,1-2H3,(H,24,26). The Bertz CT molecular complexity index is 861. The van der Waals surface area contributed by atoms with E-state index in [1.165, 1.54) is 17.0 Å². The van der Waals surface area contributed by atoms with Crippen LogP contribution in [-0.4, -0.2) is 28.7 Å². The lowest BCUT2D eigenvalue weighted by Gasteiger charge is -2.27. The predicted octanol–water partition coefficient (Wildman–Crippen LogP) is 3.52. The maximum atomic E-state index is 13.0. The maximum Gasteiger partial charge on any atom is 0.247 e. The van der Waals surface area contributed by atoms with Gasteiger partial charge in [0.05, 0.1) is 22.4 Å². The fraction of sp³-hybridized carbons (Fsp3) is 0.429. The van der Waals surface area contributed by atoms with Crippen LogP contribution in [0.15, 0.2) is 30.4 Å². The van der Waals surface area contributed by atoms with Crippen LogP contribution in [-0.2, 0) is 14.4 Å². The van der Waals surface area contributed by atoms with Crippen LogP contribution in [0.1, 0.15) is 38.7 Å². The van der Waals surface area contributed by atoms with E-state index in [0.29, 0.717) is 30.5 Å². The van der Waals surface area contributed by atoms with E-state index in [-0.39, 0.29) is 34.6 Å². The van der Waals surface area contributed by atoms with Crippen LogP contribution in [0.4, 0.5) is 5.69 Å². The topological polar surface area (TPSA) is 90.3 Å². The summed E-state index contributed by atoms with van der Waals surface area (Å²) < 4.78 is 0. The van der Waals surface area contributed by atoms with Gasteiger partial charge in [0, 0.05) is 5.69 Å². The molecule has 3 amide bonds. The third kappa shape index (κ3) is 3.81. The fourth-order valence-corrected chi connectivity index (χ4v) is 4.04. The van der Waals surface area contributed by atoms with Gasteiger partial charge in [-0.3, -0.25) is 19.3 Å². The molecule has 28 heavy (non-hydrogen) atoms. The Morgan fingerprint density at radius 1 is 1.25 bits per heavy atom. The molecule has 0 spiro atoms. The molecule has 1 heterocycles. The summed E-state index contributed by atoms with van der Waals surface area (Å²) in [6.45, 7) is 3.89. The zero-order chi connectivity index (χ0) is 20.4. The number of halogens is 1. The highest BCUT2D eigenvalue weighted by molar-refractivity contribution is 6.32. The average molecular weight is 400 g/mol. The number of hydrogen-bond acceptors (Lipinski definition) is 4. The number of carbonyl (C=O) groups is 3. The monoisotopic (exact) mass is 399 g/mol. The molecule has 0 saturated carbocycles. The van der Waals surface area contributed by atoms with Crippen LogP contribution in [0.2, 0.25) is 5.02 Å². The Hall–Kier alpha value is -2.65. The molecule has 1 saturated heterocycles. The van der Waals surface area contributed by atoms with E-state index >= 15 is 0 Å². The number of carbonyl (C=O) groups excluding carboxylic acids is 3. The van der Waals surface area contributed by atoms with Gasteiger partial charge in [-0.15, -0.1) is 0 Å². The molecule has 2 aliphatic rings. The Balaban J connectivity index is 1.85. The molecule has 3 atom stereocenters. The normalized spacial score (nSPS) is 22.2. The molecular weight excluding hydrogens is 378 g/mol. The summed E-state index contributed by atoms with van der Waals surface area (Å²) >= 11 is 6.03. The van der Waals surface area contributed by atoms with Crippen LogP contribution in [0.25, 0.3) is 0 Å². The number of nitrogens with one attached hydrogen (secondary N) is 1. The highest BCUT2D eigenvalue weighted by atomic mass is 35.5. The molecule has 7 heteroatoms. The molecule has 1 aromatic rings. The van der Waals surface area contributed by atoms with Crippen molar-refractivity contribution in [1.82, 2.24) is 4.90 Å². The second-order valence-corrected chi connectivity index (χ2v) is 8.05. The van der Waals surface area contributed by atoms with E-state index in [1.807, 2.05) is 32.1 Å². The molecule has 0 bridgehead atoms. The van der Waals surface area contributed by atoms with Gasteiger partial charge >= 0.3 is 0 Å². The van der Waals surface area contributed by atoms with Gasteiger partial charge in [0.15, 0.2) is 0 Å². The van der Waals surface area contributed by atoms with Crippen LogP contribution < -0.4 is 5.32 Å². The molecule has 1 N–H and O–H groups in total. The van der Waals surface area contributed by atoms with Gasteiger partial charge in [-0.1, -0.05) is 37.6 Å². The van der Waals surface area contributed by atoms with E-state index in [2.05, 4.69) is 5.32 Å². The summed E-state index contributed by atoms with van der Waals surface area (Å²) in [7, 11) is 0. The number of nitriles is 1. The van der Waals surface area contributed by atoms with Crippen molar-refractivity contribution in [1.29, 1.82) is 5.26 Å². The van der Waals surface area contributed by atoms with Crippen molar-refractivity contribution in [3.63, 3.8) is 0 Å². The van der Waals surface area contributed by atoms with E-state index in [1.54, 1.807) is 6.07 Å². The summed E-state index contributed by atoms with van der Waals surface area (Å²) in [6.07, 6.45) is 5.29. The SMILES string of the molecule is CC(C)CC(C(=O)Nc1ccc(C#N)c(Cl)c1)N1C(=O)C2CC=CCC2C1=O. The summed E-state index contributed by atoms with van der Waals surface area (Å²) in [6, 6.07) is 5.67. The second-order valence-electron chi connectivity index (χ2n) is 7.64. The Morgan fingerprint density at radius 3 is 2.36 bits per heavy atom. The lowest BCUT2D eigenvalue weighted by Crippen LogP contribution is -2.48. The minimum Gasteiger partial charge on any atom is -0.324 e. The summed E-state index contributed by atoms with van der Waals surface area (Å²) in [5.41, 5.74) is 0.723. The third-order valence-electron chi connectivity index (χ3n) is 5.21. The van der Waals surface area contributed by atoms with Gasteiger partial charge < -0.3 is 5.32 Å². The van der Waals surface area contributed by atoms with E-state index in [0.717, 1.165) is 0 Å². The number of hydrogen-bond donors (Lipinski definition) is 1. The quantitative estimate of drug-likeness (QED) is 0.605. The number of nitrogens with zero attached hydrogens (tertiary/aromatic N) is 2. The maximum absolute atomic E-state index is 13.0. The van der Waals surface area contributed by atoms with Crippen molar-refractivity contribution < 1.29 is 14.4 Å². The van der Waals surface area contributed by atoms with Crippen molar-refractivity contribution in [2.24, 2.45) is 17.8 Å². The van der Waals surface area contributed by atoms with Crippen LogP contribution >= 0.6 is 11.6 Å². The lowest BCUT2D eigenvalue weighted by atomic mass is 9.85. The number of fused-ring (bicyclic) bond motifs is 1. The Kier molecular flexibility index (Phi) is 5.85. The van der Waals surface area contributed by atoms with Crippen molar-refractivity contribution in [3.8, 4) is 6.07 Å². The number of anilines is 1. The molecule has 3 rings (SSSR count). The first-order chi connectivity index (χ1) is 13.3. The molecule has 1 aliphatic carbocycles. The molecule has 1 fully saturated rings. The highest BCUT2D eigenvalue weighted by Gasteiger charge is 2.51. The molecule has 0 radical (unpaired) electrons. The zero-order valence-electron chi connectivity index (χ0n) is 15.8. The van der Waals surface area contributed by atoms with Gasteiger partial charge in [0.25, 0.3) is 0 Å².